The monoisotopic (exact) mass is 338 g/mol. The topological polar surface area (TPSA) is 9.23 Å². The van der Waals surface area contributed by atoms with Gasteiger partial charge in [-0.1, -0.05) is 18.9 Å². The first kappa shape index (κ1) is 13.1. The minimum Gasteiger partial charge on any atom is -0.494 e. The van der Waals surface area contributed by atoms with E-state index < -0.39 is 0 Å². The summed E-state index contributed by atoms with van der Waals surface area (Å²) < 4.78 is 6.84. The molecule has 0 radical (unpaired) electrons. The molecular formula is C12H16ClIO. The molecule has 0 saturated heterocycles. The summed E-state index contributed by atoms with van der Waals surface area (Å²) in [6.07, 6.45) is 4.64. The molecule has 0 heterocycles. The summed E-state index contributed by atoms with van der Waals surface area (Å²) in [5.74, 6) is 1.75. The van der Waals surface area contributed by atoms with Crippen molar-refractivity contribution in [3.05, 3.63) is 27.8 Å². The average molecular weight is 339 g/mol. The minimum atomic E-state index is 0.776. The fraction of sp³-hybridized carbons (Fsp3) is 0.500. The Kier molecular flexibility index (Phi) is 7.18. The van der Waals surface area contributed by atoms with E-state index in [1.54, 1.807) is 0 Å². The zero-order chi connectivity index (χ0) is 10.9. The van der Waals surface area contributed by atoms with E-state index in [-0.39, 0.29) is 0 Å². The van der Waals surface area contributed by atoms with Crippen molar-refractivity contribution in [2.45, 2.75) is 25.7 Å². The van der Waals surface area contributed by atoms with E-state index >= 15 is 0 Å². The third kappa shape index (κ3) is 6.25. The molecule has 0 aliphatic rings. The summed E-state index contributed by atoms with van der Waals surface area (Å²) in [7, 11) is 0. The number of halogens is 2. The Bertz CT molecular complexity index is 278. The Morgan fingerprint density at radius 1 is 1.13 bits per heavy atom. The van der Waals surface area contributed by atoms with Gasteiger partial charge in [0.25, 0.3) is 0 Å². The van der Waals surface area contributed by atoms with Crippen LogP contribution in [0.5, 0.6) is 5.75 Å². The minimum absolute atomic E-state index is 0.776. The Morgan fingerprint density at radius 2 is 1.93 bits per heavy atom. The van der Waals surface area contributed by atoms with Crippen LogP contribution in [0.2, 0.25) is 0 Å². The second-order valence-corrected chi connectivity index (χ2v) is 5.03. The van der Waals surface area contributed by atoms with Crippen molar-refractivity contribution in [3.63, 3.8) is 0 Å². The molecule has 0 amide bonds. The number of rotatable bonds is 7. The molecule has 1 rings (SSSR count). The lowest BCUT2D eigenvalue weighted by molar-refractivity contribution is 0.305. The van der Waals surface area contributed by atoms with E-state index in [2.05, 4.69) is 34.7 Å². The molecule has 0 spiro atoms. The van der Waals surface area contributed by atoms with Gasteiger partial charge in [-0.15, -0.1) is 11.6 Å². The quantitative estimate of drug-likeness (QED) is 0.405. The highest BCUT2D eigenvalue weighted by Crippen LogP contribution is 2.15. The van der Waals surface area contributed by atoms with Crippen LogP contribution in [-0.2, 0) is 0 Å². The predicted octanol–water partition coefficient (Wildman–Crippen LogP) is 4.47. The lowest BCUT2D eigenvalue weighted by Gasteiger charge is -2.05. The Labute approximate surface area is 110 Å². The maximum Gasteiger partial charge on any atom is 0.120 e. The van der Waals surface area contributed by atoms with Crippen molar-refractivity contribution >= 4 is 34.2 Å². The summed E-state index contributed by atoms with van der Waals surface area (Å²) in [4.78, 5) is 0. The highest BCUT2D eigenvalue weighted by atomic mass is 127. The number of hydrogen-bond acceptors (Lipinski definition) is 1. The second kappa shape index (κ2) is 8.22. The number of benzene rings is 1. The molecule has 0 bridgehead atoms. The Morgan fingerprint density at radius 3 is 2.67 bits per heavy atom. The van der Waals surface area contributed by atoms with Gasteiger partial charge in [0.05, 0.1) is 6.61 Å². The Hall–Kier alpha value is 0.0400. The number of unbranched alkanes of at least 4 members (excludes halogenated alkanes) is 3. The van der Waals surface area contributed by atoms with Crippen molar-refractivity contribution in [1.29, 1.82) is 0 Å². The van der Waals surface area contributed by atoms with Crippen molar-refractivity contribution in [2.75, 3.05) is 12.5 Å². The lowest BCUT2D eigenvalue weighted by atomic mass is 10.2. The lowest BCUT2D eigenvalue weighted by Crippen LogP contribution is -1.97. The van der Waals surface area contributed by atoms with Gasteiger partial charge in [-0.25, -0.2) is 0 Å². The molecule has 1 aromatic carbocycles. The van der Waals surface area contributed by atoms with Gasteiger partial charge < -0.3 is 4.74 Å². The second-order valence-electron chi connectivity index (χ2n) is 3.41. The third-order valence-corrected chi connectivity index (χ3v) is 3.03. The third-order valence-electron chi connectivity index (χ3n) is 2.09. The molecule has 0 aromatic heterocycles. The van der Waals surface area contributed by atoms with E-state index in [1.807, 2.05) is 12.1 Å². The molecule has 3 heteroatoms. The van der Waals surface area contributed by atoms with Crippen LogP contribution < -0.4 is 4.74 Å². The van der Waals surface area contributed by atoms with E-state index in [4.69, 9.17) is 16.3 Å². The normalized spacial score (nSPS) is 10.3. The van der Waals surface area contributed by atoms with Gasteiger partial charge in [0.2, 0.25) is 0 Å². The highest BCUT2D eigenvalue weighted by Gasteiger charge is 1.94. The van der Waals surface area contributed by atoms with Crippen LogP contribution in [0.3, 0.4) is 0 Å². The molecule has 1 aromatic rings. The summed E-state index contributed by atoms with van der Waals surface area (Å²) in [5, 5.41) is 0. The molecule has 0 aliphatic heterocycles. The maximum atomic E-state index is 5.63. The summed E-state index contributed by atoms with van der Waals surface area (Å²) in [6.45, 7) is 0.808. The van der Waals surface area contributed by atoms with E-state index in [0.717, 1.165) is 31.1 Å². The van der Waals surface area contributed by atoms with Crippen LogP contribution in [0.1, 0.15) is 25.7 Å². The molecule has 0 aliphatic carbocycles. The zero-order valence-corrected chi connectivity index (χ0v) is 11.6. The molecule has 1 nitrogen and oxygen atoms in total. The number of hydrogen-bond donors (Lipinski definition) is 0. The molecular weight excluding hydrogens is 322 g/mol. The van der Waals surface area contributed by atoms with Crippen LogP contribution in [0.15, 0.2) is 24.3 Å². The van der Waals surface area contributed by atoms with Gasteiger partial charge in [-0.05, 0) is 53.6 Å². The van der Waals surface area contributed by atoms with Crippen LogP contribution in [0, 0.1) is 3.57 Å². The molecule has 0 N–H and O–H groups in total. The molecule has 0 unspecified atom stereocenters. The summed E-state index contributed by atoms with van der Waals surface area (Å²) >= 11 is 7.89. The molecule has 0 fully saturated rings. The van der Waals surface area contributed by atoms with E-state index in [9.17, 15) is 0 Å². The predicted molar refractivity (Wildman–Crippen MR) is 73.8 cm³/mol. The Balaban J connectivity index is 2.10. The standard InChI is InChI=1S/C12H16ClIO/c13-8-3-1-2-4-9-15-12-7-5-6-11(14)10-12/h5-7,10H,1-4,8-9H2. The fourth-order valence-electron chi connectivity index (χ4n) is 1.30. The van der Waals surface area contributed by atoms with Crippen LogP contribution in [-0.4, -0.2) is 12.5 Å². The van der Waals surface area contributed by atoms with Crippen molar-refractivity contribution in [3.8, 4) is 5.75 Å². The summed E-state index contributed by atoms with van der Waals surface area (Å²) in [5.41, 5.74) is 0. The first-order valence-electron chi connectivity index (χ1n) is 5.27. The van der Waals surface area contributed by atoms with Gasteiger partial charge in [0.1, 0.15) is 5.75 Å². The first-order valence-corrected chi connectivity index (χ1v) is 6.88. The van der Waals surface area contributed by atoms with Gasteiger partial charge >= 0.3 is 0 Å². The van der Waals surface area contributed by atoms with Crippen molar-refractivity contribution in [1.82, 2.24) is 0 Å². The van der Waals surface area contributed by atoms with Crippen LogP contribution in [0.25, 0.3) is 0 Å². The molecule has 0 atom stereocenters. The van der Waals surface area contributed by atoms with Crippen molar-refractivity contribution < 1.29 is 4.74 Å². The smallest absolute Gasteiger partial charge is 0.120 e. The number of ether oxygens (including phenoxy) is 1. The molecule has 15 heavy (non-hydrogen) atoms. The van der Waals surface area contributed by atoms with Crippen LogP contribution >= 0.6 is 34.2 Å². The van der Waals surface area contributed by atoms with Crippen molar-refractivity contribution in [2.24, 2.45) is 0 Å². The van der Waals surface area contributed by atoms with Gasteiger partial charge in [-0.2, -0.15) is 0 Å². The molecule has 0 saturated carbocycles. The molecule has 84 valence electrons. The van der Waals surface area contributed by atoms with Gasteiger partial charge in [0.15, 0.2) is 0 Å². The average Bonchev–Trinajstić information content (AvgIpc) is 2.23. The first-order chi connectivity index (χ1) is 7.33. The van der Waals surface area contributed by atoms with Crippen LogP contribution in [0.4, 0.5) is 0 Å². The van der Waals surface area contributed by atoms with E-state index in [0.29, 0.717) is 0 Å². The maximum absolute atomic E-state index is 5.63. The highest BCUT2D eigenvalue weighted by molar-refractivity contribution is 14.1. The largest absolute Gasteiger partial charge is 0.494 e. The number of alkyl halides is 1. The zero-order valence-electron chi connectivity index (χ0n) is 8.72. The van der Waals surface area contributed by atoms with E-state index in [1.165, 1.54) is 16.4 Å². The fourth-order valence-corrected chi connectivity index (χ4v) is 2.00. The summed E-state index contributed by atoms with van der Waals surface area (Å²) in [6, 6.07) is 8.14. The van der Waals surface area contributed by atoms with Gasteiger partial charge in [0, 0.05) is 9.45 Å². The SMILES string of the molecule is ClCCCCCCOc1cccc(I)c1. The van der Waals surface area contributed by atoms with Gasteiger partial charge in [-0.3, -0.25) is 0 Å².